The second kappa shape index (κ2) is 7.30. The molecule has 0 aliphatic carbocycles. The summed E-state index contributed by atoms with van der Waals surface area (Å²) in [5, 5.41) is 0.214. The van der Waals surface area contributed by atoms with Crippen molar-refractivity contribution in [3.05, 3.63) is 53.3 Å². The summed E-state index contributed by atoms with van der Waals surface area (Å²) >= 11 is 5.82. The van der Waals surface area contributed by atoms with Gasteiger partial charge in [-0.3, -0.25) is 4.79 Å². The zero-order valence-corrected chi connectivity index (χ0v) is 16.3. The van der Waals surface area contributed by atoms with Crippen LogP contribution in [0.15, 0.2) is 47.5 Å². The van der Waals surface area contributed by atoms with Crippen LogP contribution >= 0.6 is 11.6 Å². The third kappa shape index (κ3) is 3.79. The van der Waals surface area contributed by atoms with Crippen LogP contribution in [0.1, 0.15) is 12.5 Å². The van der Waals surface area contributed by atoms with Gasteiger partial charge in [0.25, 0.3) is 15.7 Å². The van der Waals surface area contributed by atoms with Gasteiger partial charge in [0, 0.05) is 12.7 Å². The van der Waals surface area contributed by atoms with E-state index < -0.39 is 38.2 Å². The fourth-order valence-electron chi connectivity index (χ4n) is 2.80. The minimum absolute atomic E-state index is 0.0387. The van der Waals surface area contributed by atoms with Crippen molar-refractivity contribution in [2.24, 2.45) is 0 Å². The number of carbonyl (C=O) groups excluding carboxylic acids is 2. The number of urea groups is 1. The maximum atomic E-state index is 12.7. The molecule has 154 valence electrons. The number of imide groups is 1. The van der Waals surface area contributed by atoms with Crippen molar-refractivity contribution in [3.8, 4) is 0 Å². The minimum Gasteiger partial charge on any atom is -0.308 e. The molecule has 1 unspecified atom stereocenters. The van der Waals surface area contributed by atoms with E-state index in [0.29, 0.717) is 17.7 Å². The van der Waals surface area contributed by atoms with Gasteiger partial charge in [-0.1, -0.05) is 11.6 Å². The Morgan fingerprint density at radius 2 is 1.76 bits per heavy atom. The molecule has 1 fully saturated rings. The predicted octanol–water partition coefficient (Wildman–Crippen LogP) is 3.39. The van der Waals surface area contributed by atoms with Gasteiger partial charge in [0.05, 0.1) is 10.6 Å². The van der Waals surface area contributed by atoms with Crippen molar-refractivity contribution >= 4 is 39.1 Å². The molecule has 3 amide bonds. The molecule has 1 aliphatic rings. The molecular weight excluding hydrogens is 435 g/mol. The highest BCUT2D eigenvalue weighted by molar-refractivity contribution is 7.92. The predicted molar refractivity (Wildman–Crippen MR) is 96.8 cm³/mol. The van der Waals surface area contributed by atoms with E-state index in [1.54, 1.807) is 6.07 Å². The topological polar surface area (TPSA) is 87.7 Å². The lowest BCUT2D eigenvalue weighted by atomic mass is 10.2. The molecule has 3 rings (SSSR count). The van der Waals surface area contributed by atoms with Gasteiger partial charge in [0.1, 0.15) is 11.2 Å². The van der Waals surface area contributed by atoms with Crippen molar-refractivity contribution in [2.75, 3.05) is 4.90 Å². The number of hydrogen-bond acceptors (Lipinski definition) is 5. The Morgan fingerprint density at radius 1 is 1.14 bits per heavy atom. The lowest BCUT2D eigenvalue weighted by Gasteiger charge is -2.19. The fraction of sp³-hybridized carbons (Fsp3) is 0.235. The Morgan fingerprint density at radius 3 is 2.31 bits per heavy atom. The summed E-state index contributed by atoms with van der Waals surface area (Å²) in [5.74, 6) is -0.596. The first-order valence-electron chi connectivity index (χ1n) is 8.10. The van der Waals surface area contributed by atoms with Crippen LogP contribution in [0.2, 0.25) is 5.15 Å². The van der Waals surface area contributed by atoms with Gasteiger partial charge in [0.15, 0.2) is 0 Å². The average Bonchev–Trinajstić information content (AvgIpc) is 2.84. The molecule has 0 spiro atoms. The quantitative estimate of drug-likeness (QED) is 0.529. The second-order valence-electron chi connectivity index (χ2n) is 6.19. The molecule has 0 N–H and O–H groups in total. The minimum atomic E-state index is -5.53. The van der Waals surface area contributed by atoms with Crippen molar-refractivity contribution in [3.63, 3.8) is 0 Å². The number of sulfone groups is 1. The largest absolute Gasteiger partial charge is 0.501 e. The SMILES string of the molecule is CC1C(=O)N(c2ccc(S(=O)(=O)C(F)(F)F)cc2)C(=O)N1Cc1ccnc(Cl)c1. The molecule has 1 aromatic carbocycles. The Kier molecular flexibility index (Phi) is 5.30. The Bertz CT molecular complexity index is 1070. The highest BCUT2D eigenvalue weighted by Gasteiger charge is 2.47. The van der Waals surface area contributed by atoms with E-state index in [1.165, 1.54) is 24.1 Å². The van der Waals surface area contributed by atoms with Gasteiger partial charge >= 0.3 is 11.5 Å². The molecule has 2 heterocycles. The first-order valence-corrected chi connectivity index (χ1v) is 9.96. The summed E-state index contributed by atoms with van der Waals surface area (Å²) < 4.78 is 60.9. The number of nitrogens with zero attached hydrogens (tertiary/aromatic N) is 3. The molecule has 1 aliphatic heterocycles. The van der Waals surface area contributed by atoms with Crippen LogP contribution in [0.3, 0.4) is 0 Å². The summed E-state index contributed by atoms with van der Waals surface area (Å²) in [6.07, 6.45) is 1.45. The fourth-order valence-corrected chi connectivity index (χ4v) is 3.75. The van der Waals surface area contributed by atoms with Gasteiger partial charge in [-0.25, -0.2) is 23.1 Å². The van der Waals surface area contributed by atoms with Gasteiger partial charge in [-0.2, -0.15) is 13.2 Å². The Balaban J connectivity index is 1.88. The van der Waals surface area contributed by atoms with E-state index in [1.807, 2.05) is 0 Å². The molecule has 2 aromatic rings. The number of anilines is 1. The molecule has 29 heavy (non-hydrogen) atoms. The number of aromatic nitrogens is 1. The van der Waals surface area contributed by atoms with Gasteiger partial charge in [-0.15, -0.1) is 0 Å². The maximum absolute atomic E-state index is 12.7. The third-order valence-corrected chi connectivity index (χ3v) is 6.04. The summed E-state index contributed by atoms with van der Waals surface area (Å²) in [4.78, 5) is 30.2. The van der Waals surface area contributed by atoms with Crippen LogP contribution in [-0.4, -0.2) is 41.8 Å². The number of amides is 3. The lowest BCUT2D eigenvalue weighted by molar-refractivity contribution is -0.119. The zero-order valence-electron chi connectivity index (χ0n) is 14.7. The lowest BCUT2D eigenvalue weighted by Crippen LogP contribution is -2.33. The van der Waals surface area contributed by atoms with Crippen LogP contribution in [0.5, 0.6) is 0 Å². The van der Waals surface area contributed by atoms with E-state index in [2.05, 4.69) is 4.98 Å². The van der Waals surface area contributed by atoms with Crippen LogP contribution in [0.4, 0.5) is 23.7 Å². The number of benzene rings is 1. The molecular formula is C17H13ClF3N3O4S. The molecule has 1 atom stereocenters. The summed E-state index contributed by atoms with van der Waals surface area (Å²) in [6, 6.07) is 4.99. The Hall–Kier alpha value is -2.66. The molecule has 1 aromatic heterocycles. The number of rotatable bonds is 4. The molecule has 0 bridgehead atoms. The standard InChI is InChI=1S/C17H13ClF3N3O4S/c1-10-15(25)24(16(26)23(10)9-11-6-7-22-14(18)8-11)12-2-4-13(5-3-12)29(27,28)17(19,20)21/h2-8,10H,9H2,1H3. The van der Waals surface area contributed by atoms with Crippen LogP contribution in [-0.2, 0) is 21.2 Å². The average molecular weight is 448 g/mol. The van der Waals surface area contributed by atoms with E-state index in [0.717, 1.165) is 17.0 Å². The molecule has 0 radical (unpaired) electrons. The van der Waals surface area contributed by atoms with Gasteiger partial charge < -0.3 is 4.90 Å². The monoisotopic (exact) mass is 447 g/mol. The number of hydrogen-bond donors (Lipinski definition) is 0. The van der Waals surface area contributed by atoms with Crippen LogP contribution in [0.25, 0.3) is 0 Å². The number of alkyl halides is 3. The molecule has 0 saturated carbocycles. The van der Waals surface area contributed by atoms with Crippen molar-refractivity contribution < 1.29 is 31.2 Å². The molecule has 12 heteroatoms. The molecule has 1 saturated heterocycles. The Labute approximate surface area is 168 Å². The van der Waals surface area contributed by atoms with Crippen LogP contribution in [0, 0.1) is 0 Å². The number of pyridine rings is 1. The van der Waals surface area contributed by atoms with E-state index in [-0.39, 0.29) is 17.4 Å². The van der Waals surface area contributed by atoms with Crippen molar-refractivity contribution in [1.29, 1.82) is 0 Å². The van der Waals surface area contributed by atoms with Crippen molar-refractivity contribution in [2.45, 2.75) is 29.9 Å². The second-order valence-corrected chi connectivity index (χ2v) is 8.52. The first kappa shape index (κ1) is 21.1. The van der Waals surface area contributed by atoms with Gasteiger partial charge in [0.2, 0.25) is 0 Å². The summed E-state index contributed by atoms with van der Waals surface area (Å²) in [5.41, 5.74) is -4.86. The highest BCUT2D eigenvalue weighted by atomic mass is 35.5. The first-order chi connectivity index (χ1) is 13.4. The number of halogens is 4. The third-order valence-electron chi connectivity index (χ3n) is 4.34. The van der Waals surface area contributed by atoms with Crippen LogP contribution < -0.4 is 4.90 Å². The maximum Gasteiger partial charge on any atom is 0.501 e. The van der Waals surface area contributed by atoms with E-state index in [9.17, 15) is 31.2 Å². The van der Waals surface area contributed by atoms with E-state index >= 15 is 0 Å². The smallest absolute Gasteiger partial charge is 0.308 e. The zero-order chi connectivity index (χ0) is 21.6. The summed E-state index contributed by atoms with van der Waals surface area (Å²) in [6.45, 7) is 1.57. The highest BCUT2D eigenvalue weighted by Crippen LogP contribution is 2.32. The summed E-state index contributed by atoms with van der Waals surface area (Å²) in [7, 11) is -5.53. The van der Waals surface area contributed by atoms with Gasteiger partial charge in [-0.05, 0) is 48.9 Å². The van der Waals surface area contributed by atoms with E-state index in [4.69, 9.17) is 11.6 Å². The molecule has 7 nitrogen and oxygen atoms in total. The van der Waals surface area contributed by atoms with Crippen molar-refractivity contribution in [1.82, 2.24) is 9.88 Å². The number of carbonyl (C=O) groups is 2. The normalized spacial score (nSPS) is 17.9.